The number of aromatic nitrogens is 1. The van der Waals surface area contributed by atoms with E-state index in [2.05, 4.69) is 4.98 Å². The molecule has 3 rings (SSSR count). The van der Waals surface area contributed by atoms with Crippen molar-refractivity contribution in [1.82, 2.24) is 18.5 Å². The van der Waals surface area contributed by atoms with Gasteiger partial charge in [0.25, 0.3) is 16.1 Å². The van der Waals surface area contributed by atoms with Crippen molar-refractivity contribution < 1.29 is 13.2 Å². The largest absolute Gasteiger partial charge is 0.336 e. The molecule has 0 radical (unpaired) electrons. The average molecular weight is 392 g/mol. The van der Waals surface area contributed by atoms with E-state index in [0.29, 0.717) is 42.6 Å². The number of pyridine rings is 1. The fourth-order valence-corrected chi connectivity index (χ4v) is 4.99. The van der Waals surface area contributed by atoms with Crippen LogP contribution in [0.15, 0.2) is 35.1 Å². The van der Waals surface area contributed by atoms with Gasteiger partial charge in [-0.05, 0) is 6.07 Å². The van der Waals surface area contributed by atoms with E-state index in [4.69, 9.17) is 0 Å². The van der Waals surface area contributed by atoms with Crippen molar-refractivity contribution in [3.8, 4) is 0 Å². The zero-order chi connectivity index (χ0) is 19.6. The number of nitrogens with zero attached hydrogens (tertiary/aromatic N) is 3. The molecular formula is C18H24N4O4S. The second-order valence-electron chi connectivity index (χ2n) is 6.38. The van der Waals surface area contributed by atoms with Crippen LogP contribution in [0.1, 0.15) is 24.2 Å². The lowest BCUT2D eigenvalue weighted by atomic mass is 10.1. The van der Waals surface area contributed by atoms with Crippen LogP contribution in [0.3, 0.4) is 0 Å². The minimum Gasteiger partial charge on any atom is -0.336 e. The van der Waals surface area contributed by atoms with Crippen LogP contribution in [-0.2, 0) is 10.2 Å². The number of para-hydroxylation sites is 1. The van der Waals surface area contributed by atoms with Crippen molar-refractivity contribution in [2.75, 3.05) is 39.3 Å². The minimum absolute atomic E-state index is 0.242. The molecule has 1 aromatic heterocycles. The summed E-state index contributed by atoms with van der Waals surface area (Å²) in [4.78, 5) is 29.2. The van der Waals surface area contributed by atoms with E-state index in [9.17, 15) is 18.0 Å². The molecule has 1 aliphatic heterocycles. The SMILES string of the molecule is CCN(CC)S(=O)(=O)N1CCN(C(=O)c2cc(=O)[nH]c3ccccc23)CC1. The number of H-pyrrole nitrogens is 1. The summed E-state index contributed by atoms with van der Waals surface area (Å²) in [5.41, 5.74) is 0.616. The Hall–Kier alpha value is -2.23. The van der Waals surface area contributed by atoms with Gasteiger partial charge in [-0.25, -0.2) is 0 Å². The molecule has 27 heavy (non-hydrogen) atoms. The normalized spacial score (nSPS) is 16.2. The first-order valence-electron chi connectivity index (χ1n) is 9.05. The topological polar surface area (TPSA) is 93.8 Å². The van der Waals surface area contributed by atoms with Crippen LogP contribution < -0.4 is 5.56 Å². The van der Waals surface area contributed by atoms with Crippen LogP contribution in [0.5, 0.6) is 0 Å². The standard InChI is InChI=1S/C18H24N4O4S/c1-3-21(4-2)27(25,26)22-11-9-20(10-12-22)18(24)15-13-17(23)19-16-8-6-5-7-14(15)16/h5-8,13H,3-4,9-12H2,1-2H3,(H,19,23). The van der Waals surface area contributed by atoms with Crippen molar-refractivity contribution in [2.24, 2.45) is 0 Å². The number of benzene rings is 1. The van der Waals surface area contributed by atoms with Gasteiger partial charge >= 0.3 is 0 Å². The van der Waals surface area contributed by atoms with Crippen LogP contribution in [0, 0.1) is 0 Å². The van der Waals surface area contributed by atoms with Gasteiger partial charge < -0.3 is 9.88 Å². The summed E-state index contributed by atoms with van der Waals surface area (Å²) in [5, 5.41) is 0.681. The molecule has 1 N–H and O–H groups in total. The number of rotatable bonds is 5. The van der Waals surface area contributed by atoms with Crippen LogP contribution in [-0.4, -0.2) is 72.1 Å². The number of fused-ring (bicyclic) bond motifs is 1. The predicted molar refractivity (Wildman–Crippen MR) is 104 cm³/mol. The number of carbonyl (C=O) groups excluding carboxylic acids is 1. The second kappa shape index (κ2) is 7.79. The Kier molecular flexibility index (Phi) is 5.64. The monoisotopic (exact) mass is 392 g/mol. The van der Waals surface area contributed by atoms with Gasteiger partial charge in [0.1, 0.15) is 0 Å². The van der Waals surface area contributed by atoms with Crippen LogP contribution in [0.4, 0.5) is 0 Å². The smallest absolute Gasteiger partial charge is 0.282 e. The highest BCUT2D eigenvalue weighted by Gasteiger charge is 2.32. The Balaban J connectivity index is 1.79. The number of nitrogens with one attached hydrogen (secondary N) is 1. The molecule has 0 saturated carbocycles. The van der Waals surface area contributed by atoms with E-state index in [1.807, 2.05) is 6.07 Å². The first-order chi connectivity index (χ1) is 12.9. The maximum absolute atomic E-state index is 13.0. The van der Waals surface area contributed by atoms with Gasteiger partial charge in [0.15, 0.2) is 0 Å². The lowest BCUT2D eigenvalue weighted by Crippen LogP contribution is -2.54. The summed E-state index contributed by atoms with van der Waals surface area (Å²) < 4.78 is 28.1. The molecule has 1 fully saturated rings. The molecule has 1 aliphatic rings. The molecule has 0 atom stereocenters. The van der Waals surface area contributed by atoms with E-state index in [-0.39, 0.29) is 24.6 Å². The van der Waals surface area contributed by atoms with Gasteiger partial charge in [0.05, 0.1) is 5.56 Å². The maximum atomic E-state index is 13.0. The summed E-state index contributed by atoms with van der Waals surface area (Å²) in [6, 6.07) is 8.46. The molecular weight excluding hydrogens is 368 g/mol. The fraction of sp³-hybridized carbons (Fsp3) is 0.444. The minimum atomic E-state index is -3.51. The van der Waals surface area contributed by atoms with E-state index < -0.39 is 10.2 Å². The van der Waals surface area contributed by atoms with Crippen LogP contribution in [0.2, 0.25) is 0 Å². The molecule has 0 bridgehead atoms. The highest BCUT2D eigenvalue weighted by molar-refractivity contribution is 7.86. The number of aromatic amines is 1. The van der Waals surface area contributed by atoms with Gasteiger partial charge in [-0.2, -0.15) is 17.0 Å². The molecule has 1 amide bonds. The Morgan fingerprint density at radius 1 is 1.11 bits per heavy atom. The van der Waals surface area contributed by atoms with Crippen molar-refractivity contribution in [3.63, 3.8) is 0 Å². The Bertz CT molecular complexity index is 990. The molecule has 0 aliphatic carbocycles. The van der Waals surface area contributed by atoms with Crippen LogP contribution >= 0.6 is 0 Å². The van der Waals surface area contributed by atoms with Crippen molar-refractivity contribution in [2.45, 2.75) is 13.8 Å². The molecule has 2 heterocycles. The van der Waals surface area contributed by atoms with Crippen LogP contribution in [0.25, 0.3) is 10.9 Å². The Labute approximate surface area is 158 Å². The molecule has 146 valence electrons. The van der Waals surface area contributed by atoms with Gasteiger partial charge in [-0.15, -0.1) is 0 Å². The summed E-state index contributed by atoms with van der Waals surface area (Å²) >= 11 is 0. The molecule has 9 heteroatoms. The van der Waals surface area contributed by atoms with E-state index in [1.165, 1.54) is 14.7 Å². The van der Waals surface area contributed by atoms with Crippen molar-refractivity contribution in [1.29, 1.82) is 0 Å². The zero-order valence-electron chi connectivity index (χ0n) is 15.5. The molecule has 2 aromatic rings. The average Bonchev–Trinajstić information content (AvgIpc) is 2.67. The zero-order valence-corrected chi connectivity index (χ0v) is 16.3. The predicted octanol–water partition coefficient (Wildman–Crippen LogP) is 0.873. The maximum Gasteiger partial charge on any atom is 0.282 e. The molecule has 8 nitrogen and oxygen atoms in total. The lowest BCUT2D eigenvalue weighted by Gasteiger charge is -2.36. The molecule has 1 saturated heterocycles. The fourth-order valence-electron chi connectivity index (χ4n) is 3.39. The summed E-state index contributed by atoms with van der Waals surface area (Å²) in [6.45, 7) is 5.50. The second-order valence-corrected chi connectivity index (χ2v) is 8.30. The van der Waals surface area contributed by atoms with Gasteiger partial charge in [0, 0.05) is 56.2 Å². The third kappa shape index (κ3) is 3.76. The van der Waals surface area contributed by atoms with Gasteiger partial charge in [-0.3, -0.25) is 9.59 Å². The number of carbonyl (C=O) groups is 1. The number of hydrogen-bond acceptors (Lipinski definition) is 4. The number of amides is 1. The first kappa shape index (κ1) is 19.5. The van der Waals surface area contributed by atoms with Gasteiger partial charge in [0.2, 0.25) is 5.56 Å². The van der Waals surface area contributed by atoms with E-state index in [1.54, 1.807) is 36.9 Å². The summed E-state index contributed by atoms with van der Waals surface area (Å²) in [6.07, 6.45) is 0. The lowest BCUT2D eigenvalue weighted by molar-refractivity contribution is 0.0696. The van der Waals surface area contributed by atoms with Gasteiger partial charge in [-0.1, -0.05) is 32.0 Å². The van der Waals surface area contributed by atoms with E-state index >= 15 is 0 Å². The quantitative estimate of drug-likeness (QED) is 0.817. The summed E-state index contributed by atoms with van der Waals surface area (Å²) in [7, 11) is -3.51. The molecule has 0 unspecified atom stereocenters. The number of hydrogen-bond donors (Lipinski definition) is 1. The molecule has 0 spiro atoms. The highest BCUT2D eigenvalue weighted by Crippen LogP contribution is 2.19. The van der Waals surface area contributed by atoms with Crippen molar-refractivity contribution in [3.05, 3.63) is 46.2 Å². The first-order valence-corrected chi connectivity index (χ1v) is 10.4. The summed E-state index contributed by atoms with van der Waals surface area (Å²) in [5.74, 6) is -0.253. The third-order valence-corrected chi connectivity index (χ3v) is 7.05. The molecule has 1 aromatic carbocycles. The van der Waals surface area contributed by atoms with E-state index in [0.717, 1.165) is 0 Å². The van der Waals surface area contributed by atoms with Crippen molar-refractivity contribution >= 4 is 27.0 Å². The highest BCUT2D eigenvalue weighted by atomic mass is 32.2. The Morgan fingerprint density at radius 2 is 1.74 bits per heavy atom. The third-order valence-electron chi connectivity index (χ3n) is 4.86. The Morgan fingerprint density at radius 3 is 2.37 bits per heavy atom. The number of piperazine rings is 1.